The lowest BCUT2D eigenvalue weighted by atomic mass is 10.1. The lowest BCUT2D eigenvalue weighted by Gasteiger charge is -2.10. The number of hydrogen-bond donors (Lipinski definition) is 1. The molecule has 0 unspecified atom stereocenters. The summed E-state index contributed by atoms with van der Waals surface area (Å²) in [6, 6.07) is 3.96. The molecule has 0 aromatic heterocycles. The first kappa shape index (κ1) is 9.90. The van der Waals surface area contributed by atoms with Crippen LogP contribution < -0.4 is 10.5 Å². The Morgan fingerprint density at radius 3 is 2.46 bits per heavy atom. The Morgan fingerprint density at radius 2 is 1.85 bits per heavy atom. The average Bonchev–Trinajstić information content (AvgIpc) is 2.09. The summed E-state index contributed by atoms with van der Waals surface area (Å²) in [5, 5.41) is 0. The van der Waals surface area contributed by atoms with Crippen LogP contribution in [0.15, 0.2) is 12.1 Å². The third-order valence-corrected chi connectivity index (χ3v) is 2.09. The monoisotopic (exact) mass is 179 g/mol. The SMILES string of the molecule is CCCOc1cc(C)c(C)cc1N. The molecular formula is C11H17NO. The number of ether oxygens (including phenoxy) is 1. The van der Waals surface area contributed by atoms with Crippen molar-refractivity contribution in [2.75, 3.05) is 12.3 Å². The molecule has 1 aromatic rings. The van der Waals surface area contributed by atoms with Crippen LogP contribution in [0.1, 0.15) is 24.5 Å². The molecule has 0 atom stereocenters. The van der Waals surface area contributed by atoms with Gasteiger partial charge in [-0.15, -0.1) is 0 Å². The van der Waals surface area contributed by atoms with Crippen LogP contribution in [-0.2, 0) is 0 Å². The van der Waals surface area contributed by atoms with Crippen molar-refractivity contribution in [3.05, 3.63) is 23.3 Å². The number of benzene rings is 1. The summed E-state index contributed by atoms with van der Waals surface area (Å²) >= 11 is 0. The second-order valence-corrected chi connectivity index (χ2v) is 3.32. The van der Waals surface area contributed by atoms with E-state index >= 15 is 0 Å². The van der Waals surface area contributed by atoms with Gasteiger partial charge in [-0.1, -0.05) is 6.92 Å². The number of anilines is 1. The molecule has 0 heterocycles. The third-order valence-electron chi connectivity index (χ3n) is 2.09. The molecule has 2 nitrogen and oxygen atoms in total. The van der Waals surface area contributed by atoms with Gasteiger partial charge in [0.15, 0.2) is 0 Å². The predicted molar refractivity (Wildman–Crippen MR) is 56.1 cm³/mol. The van der Waals surface area contributed by atoms with Gasteiger partial charge in [-0.2, -0.15) is 0 Å². The molecule has 0 radical (unpaired) electrons. The van der Waals surface area contributed by atoms with Crippen LogP contribution in [0, 0.1) is 13.8 Å². The van der Waals surface area contributed by atoms with E-state index in [-0.39, 0.29) is 0 Å². The van der Waals surface area contributed by atoms with Gasteiger partial charge < -0.3 is 10.5 Å². The highest BCUT2D eigenvalue weighted by molar-refractivity contribution is 5.56. The molecule has 1 aromatic carbocycles. The lowest BCUT2D eigenvalue weighted by molar-refractivity contribution is 0.319. The van der Waals surface area contributed by atoms with Gasteiger partial charge in [-0.25, -0.2) is 0 Å². The Morgan fingerprint density at radius 1 is 1.23 bits per heavy atom. The molecule has 0 saturated carbocycles. The minimum Gasteiger partial charge on any atom is -0.491 e. The first-order chi connectivity index (χ1) is 6.15. The van der Waals surface area contributed by atoms with Crippen molar-refractivity contribution < 1.29 is 4.74 Å². The van der Waals surface area contributed by atoms with Gasteiger partial charge in [0.25, 0.3) is 0 Å². The van der Waals surface area contributed by atoms with Gasteiger partial charge >= 0.3 is 0 Å². The molecule has 0 bridgehead atoms. The maximum absolute atomic E-state index is 5.81. The van der Waals surface area contributed by atoms with Crippen molar-refractivity contribution in [3.8, 4) is 5.75 Å². The van der Waals surface area contributed by atoms with Crippen LogP contribution in [0.5, 0.6) is 5.75 Å². The van der Waals surface area contributed by atoms with Crippen molar-refractivity contribution in [2.45, 2.75) is 27.2 Å². The zero-order chi connectivity index (χ0) is 9.84. The second-order valence-electron chi connectivity index (χ2n) is 3.32. The van der Waals surface area contributed by atoms with Crippen LogP contribution in [0.2, 0.25) is 0 Å². The summed E-state index contributed by atoms with van der Waals surface area (Å²) < 4.78 is 5.50. The fraction of sp³-hybridized carbons (Fsp3) is 0.455. The minimum atomic E-state index is 0.729. The van der Waals surface area contributed by atoms with Crippen LogP contribution in [0.4, 0.5) is 5.69 Å². The molecule has 0 fully saturated rings. The fourth-order valence-corrected chi connectivity index (χ4v) is 1.15. The molecule has 0 amide bonds. The van der Waals surface area contributed by atoms with Crippen molar-refractivity contribution in [3.63, 3.8) is 0 Å². The van der Waals surface area contributed by atoms with E-state index in [1.54, 1.807) is 0 Å². The Hall–Kier alpha value is -1.18. The van der Waals surface area contributed by atoms with E-state index in [1.165, 1.54) is 11.1 Å². The van der Waals surface area contributed by atoms with E-state index < -0.39 is 0 Å². The zero-order valence-corrected chi connectivity index (χ0v) is 8.55. The van der Waals surface area contributed by atoms with Crippen molar-refractivity contribution in [1.29, 1.82) is 0 Å². The van der Waals surface area contributed by atoms with Gasteiger partial charge in [0.1, 0.15) is 5.75 Å². The molecule has 72 valence electrons. The van der Waals surface area contributed by atoms with E-state index in [0.29, 0.717) is 0 Å². The highest BCUT2D eigenvalue weighted by Gasteiger charge is 2.02. The molecule has 0 aliphatic rings. The van der Waals surface area contributed by atoms with Gasteiger partial charge in [-0.3, -0.25) is 0 Å². The van der Waals surface area contributed by atoms with E-state index in [4.69, 9.17) is 10.5 Å². The number of aryl methyl sites for hydroxylation is 2. The van der Waals surface area contributed by atoms with E-state index in [0.717, 1.165) is 24.5 Å². The van der Waals surface area contributed by atoms with E-state index in [9.17, 15) is 0 Å². The molecular weight excluding hydrogens is 162 g/mol. The van der Waals surface area contributed by atoms with Crippen molar-refractivity contribution in [2.24, 2.45) is 0 Å². The maximum atomic E-state index is 5.81. The standard InChI is InChI=1S/C11H17NO/c1-4-5-13-11-7-9(3)8(2)6-10(11)12/h6-7H,4-5,12H2,1-3H3. The highest BCUT2D eigenvalue weighted by Crippen LogP contribution is 2.25. The van der Waals surface area contributed by atoms with E-state index in [2.05, 4.69) is 20.8 Å². The largest absolute Gasteiger partial charge is 0.491 e. The van der Waals surface area contributed by atoms with Crippen molar-refractivity contribution in [1.82, 2.24) is 0 Å². The Kier molecular flexibility index (Phi) is 3.18. The maximum Gasteiger partial charge on any atom is 0.142 e. The normalized spacial score (nSPS) is 10.1. The molecule has 0 aliphatic heterocycles. The summed E-state index contributed by atoms with van der Waals surface area (Å²) in [7, 11) is 0. The summed E-state index contributed by atoms with van der Waals surface area (Å²) in [5.74, 6) is 0.810. The zero-order valence-electron chi connectivity index (χ0n) is 8.55. The smallest absolute Gasteiger partial charge is 0.142 e. The highest BCUT2D eigenvalue weighted by atomic mass is 16.5. The molecule has 1 rings (SSSR count). The quantitative estimate of drug-likeness (QED) is 0.724. The predicted octanol–water partition coefficient (Wildman–Crippen LogP) is 2.67. The number of nitrogens with two attached hydrogens (primary N) is 1. The summed E-state index contributed by atoms with van der Waals surface area (Å²) in [4.78, 5) is 0. The van der Waals surface area contributed by atoms with E-state index in [1.807, 2.05) is 12.1 Å². The number of rotatable bonds is 3. The van der Waals surface area contributed by atoms with Crippen LogP contribution in [0.3, 0.4) is 0 Å². The van der Waals surface area contributed by atoms with Crippen LogP contribution in [0.25, 0.3) is 0 Å². The topological polar surface area (TPSA) is 35.2 Å². The molecule has 2 N–H and O–H groups in total. The Balaban J connectivity index is 2.88. The molecule has 2 heteroatoms. The van der Waals surface area contributed by atoms with Crippen molar-refractivity contribution >= 4 is 5.69 Å². The van der Waals surface area contributed by atoms with Gasteiger partial charge in [0.2, 0.25) is 0 Å². The molecule has 0 spiro atoms. The first-order valence-corrected chi connectivity index (χ1v) is 4.64. The molecule has 0 saturated heterocycles. The number of hydrogen-bond acceptors (Lipinski definition) is 2. The number of nitrogen functional groups attached to an aromatic ring is 1. The van der Waals surface area contributed by atoms with Gasteiger partial charge in [0.05, 0.1) is 12.3 Å². The lowest BCUT2D eigenvalue weighted by Crippen LogP contribution is -2.00. The molecule has 13 heavy (non-hydrogen) atoms. The summed E-state index contributed by atoms with van der Waals surface area (Å²) in [6.07, 6.45) is 1.01. The first-order valence-electron chi connectivity index (χ1n) is 4.64. The van der Waals surface area contributed by atoms with Gasteiger partial charge in [0, 0.05) is 0 Å². The average molecular weight is 179 g/mol. The fourth-order valence-electron chi connectivity index (χ4n) is 1.15. The van der Waals surface area contributed by atoms with Crippen LogP contribution >= 0.6 is 0 Å². The Bertz CT molecular complexity index is 294. The summed E-state index contributed by atoms with van der Waals surface area (Å²) in [6.45, 7) is 6.92. The summed E-state index contributed by atoms with van der Waals surface area (Å²) in [5.41, 5.74) is 8.97. The second kappa shape index (κ2) is 4.17. The Labute approximate surface area is 79.7 Å². The third kappa shape index (κ3) is 2.38. The minimum absolute atomic E-state index is 0.729. The van der Waals surface area contributed by atoms with Gasteiger partial charge in [-0.05, 0) is 43.5 Å². The van der Waals surface area contributed by atoms with Crippen LogP contribution in [-0.4, -0.2) is 6.61 Å². The molecule has 0 aliphatic carbocycles.